The third-order valence-electron chi connectivity index (χ3n) is 2.89. The first kappa shape index (κ1) is 10.2. The normalized spacial score (nSPS) is 16.9. The van der Waals surface area contributed by atoms with E-state index in [9.17, 15) is 4.79 Å². The van der Waals surface area contributed by atoms with Gasteiger partial charge in [-0.05, 0) is 37.1 Å². The average Bonchev–Trinajstić information content (AvgIpc) is 2.17. The van der Waals surface area contributed by atoms with Gasteiger partial charge in [-0.2, -0.15) is 0 Å². The molecule has 1 fully saturated rings. The van der Waals surface area contributed by atoms with Crippen molar-refractivity contribution in [1.82, 2.24) is 0 Å². The zero-order valence-electron chi connectivity index (χ0n) is 9.42. The first-order valence-corrected chi connectivity index (χ1v) is 5.50. The number of ketones is 1. The zero-order valence-corrected chi connectivity index (χ0v) is 9.42. The molecule has 0 N–H and O–H groups in total. The lowest BCUT2D eigenvalue weighted by molar-refractivity contribution is -0.119. The third-order valence-corrected chi connectivity index (χ3v) is 2.89. The maximum Gasteiger partial charge on any atom is 0.136 e. The minimum absolute atomic E-state index is 0.399. The highest BCUT2D eigenvalue weighted by molar-refractivity contribution is 5.81. The smallest absolute Gasteiger partial charge is 0.136 e. The van der Waals surface area contributed by atoms with Gasteiger partial charge in [-0.25, -0.2) is 0 Å². The van der Waals surface area contributed by atoms with Crippen molar-refractivity contribution in [3.63, 3.8) is 0 Å². The van der Waals surface area contributed by atoms with Crippen LogP contribution in [0.15, 0.2) is 18.2 Å². The van der Waals surface area contributed by atoms with Crippen molar-refractivity contribution < 1.29 is 4.79 Å². The quantitative estimate of drug-likeness (QED) is 0.699. The Hall–Kier alpha value is -1.31. The summed E-state index contributed by atoms with van der Waals surface area (Å²) in [5, 5.41) is 0. The number of Topliss-reactive ketones (excluding diaryl/α,β-unsaturated/α-hetero) is 1. The van der Waals surface area contributed by atoms with Gasteiger partial charge in [0.1, 0.15) is 5.78 Å². The van der Waals surface area contributed by atoms with E-state index in [4.69, 9.17) is 0 Å². The highest BCUT2D eigenvalue weighted by Gasteiger charge is 2.16. The molecule has 2 nitrogen and oxygen atoms in total. The fourth-order valence-electron chi connectivity index (χ4n) is 2.15. The summed E-state index contributed by atoms with van der Waals surface area (Å²) in [4.78, 5) is 13.5. The van der Waals surface area contributed by atoms with Gasteiger partial charge in [-0.15, -0.1) is 0 Å². The molecule has 80 valence electrons. The Morgan fingerprint density at radius 2 is 1.53 bits per heavy atom. The summed E-state index contributed by atoms with van der Waals surface area (Å²) in [5.41, 5.74) is 3.85. The van der Waals surface area contributed by atoms with Gasteiger partial charge in [0.25, 0.3) is 0 Å². The Labute approximate surface area is 90.9 Å². The lowest BCUT2D eigenvalue weighted by Gasteiger charge is -2.28. The van der Waals surface area contributed by atoms with Gasteiger partial charge >= 0.3 is 0 Å². The lowest BCUT2D eigenvalue weighted by Crippen LogP contribution is -2.33. The average molecular weight is 203 g/mol. The Bertz CT molecular complexity index is 354. The molecule has 0 atom stereocenters. The van der Waals surface area contributed by atoms with Crippen LogP contribution in [-0.2, 0) is 4.79 Å². The molecule has 0 bridgehead atoms. The van der Waals surface area contributed by atoms with E-state index in [0.717, 1.165) is 13.1 Å². The molecule has 1 aliphatic rings. The predicted molar refractivity (Wildman–Crippen MR) is 62.4 cm³/mol. The summed E-state index contributed by atoms with van der Waals surface area (Å²) in [6.07, 6.45) is 1.40. The first-order chi connectivity index (χ1) is 7.15. The number of carbonyl (C=O) groups excluding carboxylic acids is 1. The van der Waals surface area contributed by atoms with Crippen molar-refractivity contribution in [2.45, 2.75) is 26.7 Å². The third kappa shape index (κ3) is 2.38. The summed E-state index contributed by atoms with van der Waals surface area (Å²) in [6, 6.07) is 6.57. The molecule has 1 heterocycles. The van der Waals surface area contributed by atoms with E-state index in [1.54, 1.807) is 0 Å². The monoisotopic (exact) mass is 203 g/mol. The van der Waals surface area contributed by atoms with Crippen molar-refractivity contribution in [2.75, 3.05) is 18.0 Å². The molecule has 0 aliphatic carbocycles. The van der Waals surface area contributed by atoms with Gasteiger partial charge in [-0.3, -0.25) is 4.79 Å². The fourth-order valence-corrected chi connectivity index (χ4v) is 2.15. The maximum atomic E-state index is 11.1. The molecule has 1 aromatic rings. The van der Waals surface area contributed by atoms with Gasteiger partial charge < -0.3 is 4.90 Å². The van der Waals surface area contributed by atoms with Crippen LogP contribution in [0.25, 0.3) is 0 Å². The maximum absolute atomic E-state index is 11.1. The van der Waals surface area contributed by atoms with Crippen molar-refractivity contribution >= 4 is 11.5 Å². The molecule has 1 aromatic carbocycles. The van der Waals surface area contributed by atoms with E-state index < -0.39 is 0 Å². The molecule has 0 unspecified atom stereocenters. The zero-order chi connectivity index (χ0) is 10.8. The van der Waals surface area contributed by atoms with Gasteiger partial charge in [0, 0.05) is 31.6 Å². The second-order valence-electron chi connectivity index (χ2n) is 4.37. The van der Waals surface area contributed by atoms with Gasteiger partial charge in [0.15, 0.2) is 0 Å². The Balaban J connectivity index is 2.18. The summed E-state index contributed by atoms with van der Waals surface area (Å²) >= 11 is 0. The Morgan fingerprint density at radius 1 is 1.00 bits per heavy atom. The Kier molecular flexibility index (Phi) is 2.76. The van der Waals surface area contributed by atoms with Crippen LogP contribution in [-0.4, -0.2) is 18.9 Å². The Morgan fingerprint density at radius 3 is 2.07 bits per heavy atom. The number of hydrogen-bond donors (Lipinski definition) is 0. The molecule has 0 spiro atoms. The number of hydrogen-bond acceptors (Lipinski definition) is 2. The van der Waals surface area contributed by atoms with E-state index in [-0.39, 0.29) is 0 Å². The molecule has 0 radical (unpaired) electrons. The number of benzene rings is 1. The lowest BCUT2D eigenvalue weighted by atomic mass is 10.1. The van der Waals surface area contributed by atoms with Crippen LogP contribution in [0.5, 0.6) is 0 Å². The molecule has 2 heteroatoms. The van der Waals surface area contributed by atoms with E-state index >= 15 is 0 Å². The van der Waals surface area contributed by atoms with Crippen LogP contribution in [0.4, 0.5) is 5.69 Å². The molecule has 15 heavy (non-hydrogen) atoms. The highest BCUT2D eigenvalue weighted by Crippen LogP contribution is 2.21. The van der Waals surface area contributed by atoms with Crippen molar-refractivity contribution in [1.29, 1.82) is 0 Å². The first-order valence-electron chi connectivity index (χ1n) is 5.50. The van der Waals surface area contributed by atoms with Crippen LogP contribution in [0.1, 0.15) is 24.0 Å². The number of aryl methyl sites for hydroxylation is 2. The summed E-state index contributed by atoms with van der Waals surface area (Å²) < 4.78 is 0. The largest absolute Gasteiger partial charge is 0.371 e. The minimum atomic E-state index is 0.399. The molecule has 0 saturated carbocycles. The SMILES string of the molecule is Cc1cc(C)cc(N2CCC(=O)CC2)c1. The topological polar surface area (TPSA) is 20.3 Å². The van der Waals surface area contributed by atoms with Crippen molar-refractivity contribution in [2.24, 2.45) is 0 Å². The van der Waals surface area contributed by atoms with E-state index in [1.165, 1.54) is 16.8 Å². The molecule has 2 rings (SSSR count). The number of rotatable bonds is 1. The summed E-state index contributed by atoms with van der Waals surface area (Å²) in [7, 11) is 0. The number of anilines is 1. The molecule has 1 aliphatic heterocycles. The summed E-state index contributed by atoms with van der Waals surface area (Å²) in [6.45, 7) is 5.99. The van der Waals surface area contributed by atoms with Gasteiger partial charge in [0.05, 0.1) is 0 Å². The van der Waals surface area contributed by atoms with Crippen molar-refractivity contribution in [3.8, 4) is 0 Å². The van der Waals surface area contributed by atoms with Gasteiger partial charge in [0.2, 0.25) is 0 Å². The summed E-state index contributed by atoms with van der Waals surface area (Å²) in [5.74, 6) is 0.399. The number of piperidine rings is 1. The van der Waals surface area contributed by atoms with E-state index in [2.05, 4.69) is 36.9 Å². The molecule has 0 amide bonds. The molecular weight excluding hydrogens is 186 g/mol. The minimum Gasteiger partial charge on any atom is -0.371 e. The number of nitrogens with zero attached hydrogens (tertiary/aromatic N) is 1. The standard InChI is InChI=1S/C13H17NO/c1-10-7-11(2)9-12(8-10)14-5-3-13(15)4-6-14/h7-9H,3-6H2,1-2H3. The van der Waals surface area contributed by atoms with Crippen molar-refractivity contribution in [3.05, 3.63) is 29.3 Å². The van der Waals surface area contributed by atoms with E-state index in [1.807, 2.05) is 0 Å². The molecular formula is C13H17NO. The van der Waals surface area contributed by atoms with Crippen LogP contribution in [0.2, 0.25) is 0 Å². The second kappa shape index (κ2) is 4.05. The van der Waals surface area contributed by atoms with Crippen LogP contribution in [0.3, 0.4) is 0 Å². The second-order valence-corrected chi connectivity index (χ2v) is 4.37. The molecule has 0 aromatic heterocycles. The van der Waals surface area contributed by atoms with Gasteiger partial charge in [-0.1, -0.05) is 6.07 Å². The number of carbonyl (C=O) groups is 1. The van der Waals surface area contributed by atoms with E-state index in [0.29, 0.717) is 18.6 Å². The predicted octanol–water partition coefficient (Wildman–Crippen LogP) is 2.47. The molecule has 1 saturated heterocycles. The van der Waals surface area contributed by atoms with Crippen LogP contribution in [0, 0.1) is 13.8 Å². The fraction of sp³-hybridized carbons (Fsp3) is 0.462. The van der Waals surface area contributed by atoms with Crippen LogP contribution < -0.4 is 4.90 Å². The van der Waals surface area contributed by atoms with Crippen LogP contribution >= 0.6 is 0 Å². The highest BCUT2D eigenvalue weighted by atomic mass is 16.1.